The molecule has 9 nitrogen and oxygen atoms in total. The first kappa shape index (κ1) is 28.1. The van der Waals surface area contributed by atoms with Crippen molar-refractivity contribution < 1.29 is 23.5 Å². The van der Waals surface area contributed by atoms with Gasteiger partial charge in [0, 0.05) is 31.7 Å². The van der Waals surface area contributed by atoms with E-state index >= 15 is 0 Å². The number of nitrogens with one attached hydrogen (secondary N) is 1. The van der Waals surface area contributed by atoms with Gasteiger partial charge in [0.25, 0.3) is 5.91 Å². The zero-order valence-electron chi connectivity index (χ0n) is 22.7. The van der Waals surface area contributed by atoms with Crippen LogP contribution in [0.15, 0.2) is 30.7 Å². The zero-order valence-corrected chi connectivity index (χ0v) is 22.7. The van der Waals surface area contributed by atoms with Crippen molar-refractivity contribution in [1.29, 1.82) is 0 Å². The third-order valence-electron chi connectivity index (χ3n) is 5.92. The molecule has 1 aliphatic heterocycles. The number of nitrogens with zero attached hydrogens (tertiary/aromatic N) is 4. The Labute approximate surface area is 218 Å². The molecule has 2 heterocycles. The van der Waals surface area contributed by atoms with Crippen LogP contribution in [0.4, 0.5) is 15.0 Å². The second-order valence-electron chi connectivity index (χ2n) is 10.8. The van der Waals surface area contributed by atoms with Gasteiger partial charge in [-0.3, -0.25) is 4.79 Å². The van der Waals surface area contributed by atoms with E-state index in [4.69, 9.17) is 9.47 Å². The summed E-state index contributed by atoms with van der Waals surface area (Å²) in [7, 11) is 0. The summed E-state index contributed by atoms with van der Waals surface area (Å²) in [4.78, 5) is 37.7. The maximum absolute atomic E-state index is 14.2. The highest BCUT2D eigenvalue weighted by atomic mass is 19.1. The Hall–Kier alpha value is -3.43. The number of rotatable bonds is 8. The molecule has 0 saturated carbocycles. The topological polar surface area (TPSA) is 96.9 Å². The van der Waals surface area contributed by atoms with E-state index in [1.165, 1.54) is 30.7 Å². The molecule has 1 atom stereocenters. The van der Waals surface area contributed by atoms with Gasteiger partial charge in [-0.25, -0.2) is 19.2 Å². The Bertz CT molecular complexity index is 1090. The Balaban J connectivity index is 1.77. The van der Waals surface area contributed by atoms with E-state index in [0.29, 0.717) is 31.2 Å². The standard InChI is InChI=1S/C27H38FN5O4/c1-17(2)33(18(3)4)25(34)21-12-20(28)8-9-22(21)36-23-14-29-16-31-24(23)32-11-10-19(15-32)13-30-26(35)37-27(5,6)7/h8-9,12,14,16-19H,10-11,13,15H2,1-7H3,(H,30,35). The van der Waals surface area contributed by atoms with Gasteiger partial charge in [0.05, 0.1) is 11.8 Å². The molecule has 1 fully saturated rings. The van der Waals surface area contributed by atoms with E-state index in [1.807, 2.05) is 48.5 Å². The number of benzene rings is 1. The average molecular weight is 516 g/mol. The number of carbonyl (C=O) groups is 2. The maximum Gasteiger partial charge on any atom is 0.407 e. The number of anilines is 1. The second kappa shape index (κ2) is 11.7. The summed E-state index contributed by atoms with van der Waals surface area (Å²) >= 11 is 0. The first-order valence-corrected chi connectivity index (χ1v) is 12.7. The third kappa shape index (κ3) is 7.53. The van der Waals surface area contributed by atoms with Crippen LogP contribution in [0.1, 0.15) is 65.2 Å². The molecule has 0 bridgehead atoms. The smallest absolute Gasteiger partial charge is 0.407 e. The van der Waals surface area contributed by atoms with Crippen LogP contribution in [0, 0.1) is 11.7 Å². The van der Waals surface area contributed by atoms with E-state index in [0.717, 1.165) is 6.42 Å². The molecule has 2 aromatic rings. The lowest BCUT2D eigenvalue weighted by atomic mass is 10.1. The van der Waals surface area contributed by atoms with Gasteiger partial charge in [-0.15, -0.1) is 0 Å². The number of hydrogen-bond donors (Lipinski definition) is 1. The molecule has 3 rings (SSSR count). The van der Waals surface area contributed by atoms with Gasteiger partial charge < -0.3 is 24.6 Å². The summed E-state index contributed by atoms with van der Waals surface area (Å²) in [5, 5.41) is 2.83. The third-order valence-corrected chi connectivity index (χ3v) is 5.92. The molecule has 1 unspecified atom stereocenters. The van der Waals surface area contributed by atoms with Gasteiger partial charge in [-0.1, -0.05) is 0 Å². The minimum atomic E-state index is -0.555. The molecule has 0 aliphatic carbocycles. The minimum Gasteiger partial charge on any atom is -0.451 e. The van der Waals surface area contributed by atoms with Gasteiger partial charge in [0.1, 0.15) is 23.5 Å². The highest BCUT2D eigenvalue weighted by Crippen LogP contribution is 2.35. The molecule has 202 valence electrons. The van der Waals surface area contributed by atoms with E-state index in [-0.39, 0.29) is 35.2 Å². The number of carbonyl (C=O) groups excluding carboxylic acids is 2. The zero-order chi connectivity index (χ0) is 27.3. The molecule has 1 aromatic heterocycles. The molecule has 1 saturated heterocycles. The van der Waals surface area contributed by atoms with Crippen molar-refractivity contribution >= 4 is 17.8 Å². The molecule has 1 aromatic carbocycles. The van der Waals surface area contributed by atoms with Crippen molar-refractivity contribution in [2.75, 3.05) is 24.5 Å². The van der Waals surface area contributed by atoms with E-state index in [9.17, 15) is 14.0 Å². The van der Waals surface area contributed by atoms with Crippen LogP contribution in [0.2, 0.25) is 0 Å². The Morgan fingerprint density at radius 3 is 2.54 bits per heavy atom. The van der Waals surface area contributed by atoms with Crippen molar-refractivity contribution in [3.63, 3.8) is 0 Å². The van der Waals surface area contributed by atoms with Gasteiger partial charge in [0.2, 0.25) is 0 Å². The molecule has 0 spiro atoms. The number of hydrogen-bond acceptors (Lipinski definition) is 7. The molecule has 37 heavy (non-hydrogen) atoms. The summed E-state index contributed by atoms with van der Waals surface area (Å²) in [6.07, 6.45) is 3.37. The number of ether oxygens (including phenoxy) is 2. The van der Waals surface area contributed by atoms with Crippen LogP contribution in [0.3, 0.4) is 0 Å². The highest BCUT2D eigenvalue weighted by Gasteiger charge is 2.29. The fourth-order valence-corrected chi connectivity index (χ4v) is 4.43. The first-order valence-electron chi connectivity index (χ1n) is 12.7. The van der Waals surface area contributed by atoms with Crippen LogP contribution in [0.25, 0.3) is 0 Å². The van der Waals surface area contributed by atoms with E-state index in [2.05, 4.69) is 20.2 Å². The predicted molar refractivity (Wildman–Crippen MR) is 140 cm³/mol. The van der Waals surface area contributed by atoms with Crippen molar-refractivity contribution in [1.82, 2.24) is 20.2 Å². The highest BCUT2D eigenvalue weighted by molar-refractivity contribution is 5.97. The maximum atomic E-state index is 14.2. The van der Waals surface area contributed by atoms with Crippen LogP contribution in [-0.2, 0) is 4.74 Å². The predicted octanol–water partition coefficient (Wildman–Crippen LogP) is 5.02. The lowest BCUT2D eigenvalue weighted by Gasteiger charge is -2.31. The summed E-state index contributed by atoms with van der Waals surface area (Å²) in [5.74, 6) is 0.534. The second-order valence-corrected chi connectivity index (χ2v) is 10.8. The van der Waals surface area contributed by atoms with Gasteiger partial charge >= 0.3 is 6.09 Å². The van der Waals surface area contributed by atoms with Crippen LogP contribution in [0.5, 0.6) is 11.5 Å². The Kier molecular flexibility index (Phi) is 8.94. The summed E-state index contributed by atoms with van der Waals surface area (Å²) in [5.41, 5.74) is -0.418. The Morgan fingerprint density at radius 2 is 1.89 bits per heavy atom. The van der Waals surface area contributed by atoms with E-state index < -0.39 is 17.5 Å². The summed E-state index contributed by atoms with van der Waals surface area (Å²) < 4.78 is 25.7. The lowest BCUT2D eigenvalue weighted by Crippen LogP contribution is -2.42. The van der Waals surface area contributed by atoms with E-state index in [1.54, 1.807) is 4.90 Å². The van der Waals surface area contributed by atoms with Crippen LogP contribution in [-0.4, -0.2) is 64.2 Å². The van der Waals surface area contributed by atoms with Crippen molar-refractivity contribution in [3.05, 3.63) is 42.1 Å². The lowest BCUT2D eigenvalue weighted by molar-refractivity contribution is 0.0520. The van der Waals surface area contributed by atoms with Crippen molar-refractivity contribution in [3.8, 4) is 11.5 Å². The van der Waals surface area contributed by atoms with Gasteiger partial charge in [0.15, 0.2) is 11.6 Å². The van der Waals surface area contributed by atoms with Crippen molar-refractivity contribution in [2.24, 2.45) is 5.92 Å². The van der Waals surface area contributed by atoms with Crippen LogP contribution < -0.4 is 15.0 Å². The number of amides is 2. The largest absolute Gasteiger partial charge is 0.451 e. The molecule has 1 N–H and O–H groups in total. The van der Waals surface area contributed by atoms with Gasteiger partial charge in [-0.2, -0.15) is 0 Å². The quantitative estimate of drug-likeness (QED) is 0.527. The summed E-state index contributed by atoms with van der Waals surface area (Å²) in [6.45, 7) is 15.0. The van der Waals surface area contributed by atoms with Gasteiger partial charge in [-0.05, 0) is 79.0 Å². The van der Waals surface area contributed by atoms with Crippen molar-refractivity contribution in [2.45, 2.75) is 72.6 Å². The fourth-order valence-electron chi connectivity index (χ4n) is 4.43. The minimum absolute atomic E-state index is 0.0740. The molecular weight excluding hydrogens is 477 g/mol. The fraction of sp³-hybridized carbons (Fsp3) is 0.556. The summed E-state index contributed by atoms with van der Waals surface area (Å²) in [6, 6.07) is 3.77. The average Bonchev–Trinajstić information content (AvgIpc) is 3.26. The molecule has 10 heteroatoms. The SMILES string of the molecule is CC(C)N(C(=O)c1cc(F)ccc1Oc1cncnc1N1CCC(CNC(=O)OC(C)(C)C)C1)C(C)C. The van der Waals surface area contributed by atoms with Crippen LogP contribution >= 0.6 is 0 Å². The number of alkyl carbamates (subject to hydrolysis) is 1. The number of halogens is 1. The molecular formula is C27H38FN5O4. The first-order chi connectivity index (χ1) is 17.4. The normalized spacial score (nSPS) is 15.7. The monoisotopic (exact) mass is 515 g/mol. The molecule has 1 aliphatic rings. The Morgan fingerprint density at radius 1 is 1.19 bits per heavy atom. The number of aromatic nitrogens is 2. The molecule has 0 radical (unpaired) electrons. The molecule has 2 amide bonds.